The summed E-state index contributed by atoms with van der Waals surface area (Å²) in [7, 11) is -3.50. The van der Waals surface area contributed by atoms with Crippen LogP contribution < -0.4 is 0 Å². The summed E-state index contributed by atoms with van der Waals surface area (Å²) in [5.74, 6) is 0. The van der Waals surface area contributed by atoms with Gasteiger partial charge in [-0.15, -0.1) is 0 Å². The van der Waals surface area contributed by atoms with Gasteiger partial charge in [0.1, 0.15) is 4.33 Å². The quantitative estimate of drug-likeness (QED) is 0.211. The van der Waals surface area contributed by atoms with Gasteiger partial charge in [0, 0.05) is 0 Å². The van der Waals surface area contributed by atoms with E-state index in [0.717, 1.165) is 0 Å². The van der Waals surface area contributed by atoms with Gasteiger partial charge in [0.2, 0.25) is 10.8 Å². The SMILES string of the molecule is N#CS(C#N)(N=C=S)[N+](=O)[O-]. The number of nitriles is 2. The summed E-state index contributed by atoms with van der Waals surface area (Å²) in [6.45, 7) is 0. The first kappa shape index (κ1) is 9.53. The minimum Gasteiger partial charge on any atom is -0.249 e. The molecule has 8 heteroatoms. The predicted molar refractivity (Wildman–Crippen MR) is 40.8 cm³/mol. The fraction of sp³-hybridized carbons (Fsp3) is 0. The number of isothiocyanates is 1. The molecule has 0 spiro atoms. The van der Waals surface area contributed by atoms with E-state index in [1.165, 1.54) is 10.8 Å². The van der Waals surface area contributed by atoms with E-state index < -0.39 is 14.7 Å². The Morgan fingerprint density at radius 1 is 1.55 bits per heavy atom. The van der Waals surface area contributed by atoms with Crippen molar-refractivity contribution in [1.29, 1.82) is 10.5 Å². The first-order valence-corrected chi connectivity index (χ1v) is 3.97. The summed E-state index contributed by atoms with van der Waals surface area (Å²) in [6.07, 6.45) is 0. The van der Waals surface area contributed by atoms with Crippen molar-refractivity contribution in [2.75, 3.05) is 0 Å². The van der Waals surface area contributed by atoms with Crippen LogP contribution in [0.4, 0.5) is 0 Å². The molecule has 0 amide bonds. The molecule has 0 aliphatic carbocycles. The van der Waals surface area contributed by atoms with Gasteiger partial charge < -0.3 is 0 Å². The number of nitrogens with zero attached hydrogens (tertiary/aromatic N) is 4. The van der Waals surface area contributed by atoms with Crippen LogP contribution in [0, 0.1) is 31.4 Å². The number of thiocarbonyl (C=S) groups is 1. The lowest BCUT2D eigenvalue weighted by molar-refractivity contribution is -0.292. The van der Waals surface area contributed by atoms with E-state index in [0.29, 0.717) is 0 Å². The zero-order chi connectivity index (χ0) is 8.91. The standard InChI is InChI=1S/C3N4O2S2/c4-1-11(2-5,6-3-10)7(8)9. The zero-order valence-electron chi connectivity index (χ0n) is 4.92. The summed E-state index contributed by atoms with van der Waals surface area (Å²) in [5, 5.41) is 30.6. The third kappa shape index (κ3) is 1.72. The Kier molecular flexibility index (Phi) is 3.15. The van der Waals surface area contributed by atoms with Gasteiger partial charge in [-0.2, -0.15) is 10.5 Å². The van der Waals surface area contributed by atoms with E-state index in [1.807, 2.05) is 0 Å². The zero-order valence-corrected chi connectivity index (χ0v) is 6.55. The Morgan fingerprint density at radius 2 is 2.00 bits per heavy atom. The van der Waals surface area contributed by atoms with Crippen molar-refractivity contribution in [3.8, 4) is 10.8 Å². The Labute approximate surface area is 68.5 Å². The summed E-state index contributed by atoms with van der Waals surface area (Å²) >= 11 is 4.05. The lowest BCUT2D eigenvalue weighted by Crippen LogP contribution is -2.02. The molecule has 0 bridgehead atoms. The van der Waals surface area contributed by atoms with Gasteiger partial charge in [0.15, 0.2) is 0 Å². The Bertz CT molecular complexity index is 288. The number of thiocyanates is 2. The highest BCUT2D eigenvalue weighted by atomic mass is 32.3. The van der Waals surface area contributed by atoms with Gasteiger partial charge >= 0.3 is 10.4 Å². The Balaban J connectivity index is 5.17. The van der Waals surface area contributed by atoms with Crippen LogP contribution >= 0.6 is 22.6 Å². The third-order valence-electron chi connectivity index (χ3n) is 0.640. The topological polar surface area (TPSA) is 103 Å². The molecule has 0 unspecified atom stereocenters. The predicted octanol–water partition coefficient (Wildman–Crippen LogP) is 0.963. The van der Waals surface area contributed by atoms with Gasteiger partial charge in [0.05, 0.1) is 5.16 Å². The lowest BCUT2D eigenvalue weighted by Gasteiger charge is -2.02. The van der Waals surface area contributed by atoms with Crippen LogP contribution in [0.2, 0.25) is 0 Å². The fourth-order valence-corrected chi connectivity index (χ4v) is 0.969. The molecule has 0 aliphatic heterocycles. The average molecular weight is 188 g/mol. The highest BCUT2D eigenvalue weighted by molar-refractivity contribution is 8.35. The molecule has 0 saturated carbocycles. The van der Waals surface area contributed by atoms with Gasteiger partial charge in [-0.25, -0.2) is 10.1 Å². The fourth-order valence-electron chi connectivity index (χ4n) is 0.215. The second-order valence-electron chi connectivity index (χ2n) is 1.14. The average Bonchev–Trinajstić information content (AvgIpc) is 2.00. The number of hydrogen-bond donors (Lipinski definition) is 0. The molecule has 0 aromatic rings. The van der Waals surface area contributed by atoms with Gasteiger partial charge in [-0.05, 0) is 12.2 Å². The van der Waals surface area contributed by atoms with E-state index in [1.54, 1.807) is 5.16 Å². The third-order valence-corrected chi connectivity index (χ3v) is 2.14. The van der Waals surface area contributed by atoms with E-state index >= 15 is 0 Å². The van der Waals surface area contributed by atoms with Crippen molar-refractivity contribution < 1.29 is 4.33 Å². The van der Waals surface area contributed by atoms with Crippen LogP contribution in [-0.2, 0) is 0 Å². The number of nitro groups is 1. The molecule has 0 saturated heterocycles. The molecule has 0 aromatic carbocycles. The monoisotopic (exact) mass is 188 g/mol. The molecule has 0 radical (unpaired) electrons. The first-order chi connectivity index (χ1) is 5.13. The normalized spacial score (nSPS) is 10.0. The summed E-state index contributed by atoms with van der Waals surface area (Å²) in [6, 6.07) is 0. The number of hydrogen-bond acceptors (Lipinski definition) is 6. The summed E-state index contributed by atoms with van der Waals surface area (Å²) in [4.78, 5) is 10.1. The molecule has 11 heavy (non-hydrogen) atoms. The minimum atomic E-state index is -3.50. The molecule has 0 N–H and O–H groups in total. The van der Waals surface area contributed by atoms with E-state index in [9.17, 15) is 10.1 Å². The summed E-state index contributed by atoms with van der Waals surface area (Å²) in [5.41, 5.74) is 0. The molecule has 56 valence electrons. The second kappa shape index (κ2) is 3.64. The van der Waals surface area contributed by atoms with Crippen LogP contribution in [0.15, 0.2) is 4.40 Å². The molecule has 0 atom stereocenters. The molecule has 0 fully saturated rings. The van der Waals surface area contributed by atoms with E-state index in [-0.39, 0.29) is 0 Å². The van der Waals surface area contributed by atoms with E-state index in [4.69, 9.17) is 10.5 Å². The van der Waals surface area contributed by atoms with Crippen LogP contribution in [0.25, 0.3) is 0 Å². The summed E-state index contributed by atoms with van der Waals surface area (Å²) < 4.78 is 1.87. The van der Waals surface area contributed by atoms with Gasteiger partial charge in [0.25, 0.3) is 0 Å². The highest BCUT2D eigenvalue weighted by Crippen LogP contribution is 2.46. The van der Waals surface area contributed by atoms with Crippen LogP contribution in [0.1, 0.15) is 0 Å². The van der Waals surface area contributed by atoms with Crippen molar-refractivity contribution in [2.45, 2.75) is 0 Å². The largest absolute Gasteiger partial charge is 0.316 e. The maximum absolute atomic E-state index is 10.1. The maximum Gasteiger partial charge on any atom is 0.316 e. The number of rotatable bonds is 2. The molecule has 0 aromatic heterocycles. The van der Waals surface area contributed by atoms with Gasteiger partial charge in [-0.1, -0.05) is 4.40 Å². The Morgan fingerprint density at radius 3 is 2.09 bits per heavy atom. The Hall–Kier alpha value is -1.47. The van der Waals surface area contributed by atoms with Crippen LogP contribution in [-0.4, -0.2) is 9.49 Å². The molecule has 0 aliphatic rings. The van der Waals surface area contributed by atoms with Crippen LogP contribution in [0.5, 0.6) is 0 Å². The maximum atomic E-state index is 10.1. The van der Waals surface area contributed by atoms with Crippen molar-refractivity contribution in [3.63, 3.8) is 0 Å². The molecular formula is C3N4O2S2. The van der Waals surface area contributed by atoms with Crippen molar-refractivity contribution in [3.05, 3.63) is 10.1 Å². The first-order valence-electron chi connectivity index (χ1n) is 2.01. The van der Waals surface area contributed by atoms with Crippen molar-refractivity contribution in [2.24, 2.45) is 4.40 Å². The lowest BCUT2D eigenvalue weighted by atomic mass is 11.7. The van der Waals surface area contributed by atoms with Crippen molar-refractivity contribution >= 4 is 27.8 Å². The highest BCUT2D eigenvalue weighted by Gasteiger charge is 2.37. The molecule has 0 rings (SSSR count). The molecule has 0 heterocycles. The van der Waals surface area contributed by atoms with Crippen molar-refractivity contribution in [1.82, 2.24) is 0 Å². The second-order valence-corrected chi connectivity index (χ2v) is 3.26. The smallest absolute Gasteiger partial charge is 0.249 e. The minimum absolute atomic E-state index is 1.05. The van der Waals surface area contributed by atoms with E-state index in [2.05, 4.69) is 16.6 Å². The molecule has 6 nitrogen and oxygen atoms in total. The van der Waals surface area contributed by atoms with Gasteiger partial charge in [-0.3, -0.25) is 0 Å². The van der Waals surface area contributed by atoms with Crippen LogP contribution in [0.3, 0.4) is 0 Å². The molecular weight excluding hydrogens is 188 g/mol.